The van der Waals surface area contributed by atoms with Gasteiger partial charge in [-0.15, -0.1) is 11.3 Å². The highest BCUT2D eigenvalue weighted by Crippen LogP contribution is 2.21. The van der Waals surface area contributed by atoms with Crippen LogP contribution in [0.3, 0.4) is 0 Å². The Morgan fingerprint density at radius 1 is 1.24 bits per heavy atom. The Labute approximate surface area is 131 Å². The highest BCUT2D eigenvalue weighted by atomic mass is 35.5. The lowest BCUT2D eigenvalue weighted by Crippen LogP contribution is -2.11. The molecule has 0 aliphatic rings. The molecule has 0 spiro atoms. The molecule has 1 aromatic carbocycles. The van der Waals surface area contributed by atoms with Crippen LogP contribution in [0.2, 0.25) is 4.34 Å². The molecule has 0 atom stereocenters. The highest BCUT2D eigenvalue weighted by Gasteiger charge is 2.10. The SMILES string of the molecule is Cc1ccccc1/C=C/C(=O)OCC(=O)c1ccc(Cl)s1. The summed E-state index contributed by atoms with van der Waals surface area (Å²) in [6.45, 7) is 1.67. The lowest BCUT2D eigenvalue weighted by atomic mass is 10.1. The van der Waals surface area contributed by atoms with Crippen LogP contribution in [0.25, 0.3) is 6.08 Å². The topological polar surface area (TPSA) is 43.4 Å². The predicted octanol–water partition coefficient (Wildman–Crippen LogP) is 4.15. The van der Waals surface area contributed by atoms with Gasteiger partial charge in [-0.25, -0.2) is 4.79 Å². The largest absolute Gasteiger partial charge is 0.454 e. The monoisotopic (exact) mass is 320 g/mol. The van der Waals surface area contributed by atoms with E-state index in [-0.39, 0.29) is 12.4 Å². The molecule has 0 unspecified atom stereocenters. The lowest BCUT2D eigenvalue weighted by molar-refractivity contribution is -0.136. The van der Waals surface area contributed by atoms with Crippen molar-refractivity contribution < 1.29 is 14.3 Å². The van der Waals surface area contributed by atoms with Gasteiger partial charge < -0.3 is 4.74 Å². The number of benzene rings is 1. The molecule has 0 saturated heterocycles. The lowest BCUT2D eigenvalue weighted by Gasteiger charge is -2.00. The molecule has 0 fully saturated rings. The fraction of sp³-hybridized carbons (Fsp3) is 0.125. The number of aryl methyl sites for hydroxylation is 1. The summed E-state index contributed by atoms with van der Waals surface area (Å²) < 4.78 is 5.45. The van der Waals surface area contributed by atoms with E-state index in [9.17, 15) is 9.59 Å². The third-order valence-corrected chi connectivity index (χ3v) is 4.05. The Bertz CT molecular complexity index is 688. The number of halogens is 1. The van der Waals surface area contributed by atoms with Crippen molar-refractivity contribution in [2.75, 3.05) is 6.61 Å². The van der Waals surface area contributed by atoms with E-state index in [1.165, 1.54) is 17.4 Å². The number of ether oxygens (including phenoxy) is 1. The number of hydrogen-bond donors (Lipinski definition) is 0. The Kier molecular flexibility index (Phi) is 5.31. The van der Waals surface area contributed by atoms with Crippen LogP contribution in [0.15, 0.2) is 42.5 Å². The Hall–Kier alpha value is -1.91. The van der Waals surface area contributed by atoms with Crippen LogP contribution in [0, 0.1) is 6.92 Å². The van der Waals surface area contributed by atoms with Gasteiger partial charge in [0.1, 0.15) is 0 Å². The van der Waals surface area contributed by atoms with E-state index in [4.69, 9.17) is 16.3 Å². The molecule has 21 heavy (non-hydrogen) atoms. The van der Waals surface area contributed by atoms with Crippen LogP contribution < -0.4 is 0 Å². The van der Waals surface area contributed by atoms with Crippen molar-refractivity contribution in [2.45, 2.75) is 6.92 Å². The number of esters is 1. The molecule has 2 rings (SSSR count). The van der Waals surface area contributed by atoms with Crippen LogP contribution in [-0.4, -0.2) is 18.4 Å². The molecular weight excluding hydrogens is 308 g/mol. The number of thiophene rings is 1. The first kappa shape index (κ1) is 15.5. The predicted molar refractivity (Wildman–Crippen MR) is 84.8 cm³/mol. The third kappa shape index (κ3) is 4.55. The molecule has 0 saturated carbocycles. The van der Waals surface area contributed by atoms with Crippen molar-refractivity contribution in [2.24, 2.45) is 0 Å². The average Bonchev–Trinajstić information content (AvgIpc) is 2.90. The quantitative estimate of drug-likeness (QED) is 0.472. The number of ketones is 1. The summed E-state index contributed by atoms with van der Waals surface area (Å²) in [5.74, 6) is -0.807. The normalized spacial score (nSPS) is 10.8. The molecule has 0 radical (unpaired) electrons. The van der Waals surface area contributed by atoms with E-state index in [2.05, 4.69) is 0 Å². The van der Waals surface area contributed by atoms with Crippen molar-refractivity contribution in [1.82, 2.24) is 0 Å². The first-order chi connectivity index (χ1) is 10.1. The number of Topliss-reactive ketones (excluding diaryl/α,β-unsaturated/α-hetero) is 1. The van der Waals surface area contributed by atoms with Gasteiger partial charge in [-0.2, -0.15) is 0 Å². The Morgan fingerprint density at radius 2 is 2.00 bits per heavy atom. The van der Waals surface area contributed by atoms with Crippen LogP contribution in [-0.2, 0) is 9.53 Å². The van der Waals surface area contributed by atoms with E-state index in [1.807, 2.05) is 31.2 Å². The van der Waals surface area contributed by atoms with Crippen molar-refractivity contribution in [3.63, 3.8) is 0 Å². The standard InChI is InChI=1S/C16H13ClO3S/c1-11-4-2-3-5-12(11)6-9-16(19)20-10-13(18)14-7-8-15(17)21-14/h2-9H,10H2,1H3/b9-6+. The second-order valence-electron chi connectivity index (χ2n) is 4.32. The van der Waals surface area contributed by atoms with E-state index in [0.717, 1.165) is 11.1 Å². The number of hydrogen-bond acceptors (Lipinski definition) is 4. The fourth-order valence-corrected chi connectivity index (χ4v) is 2.62. The van der Waals surface area contributed by atoms with Crippen molar-refractivity contribution in [3.05, 3.63) is 62.8 Å². The zero-order chi connectivity index (χ0) is 15.2. The van der Waals surface area contributed by atoms with Gasteiger partial charge in [0.15, 0.2) is 6.61 Å². The fourth-order valence-electron chi connectivity index (χ4n) is 1.65. The van der Waals surface area contributed by atoms with Crippen LogP contribution in [0.1, 0.15) is 20.8 Å². The minimum Gasteiger partial charge on any atom is -0.454 e. The van der Waals surface area contributed by atoms with Crippen molar-refractivity contribution >= 4 is 40.8 Å². The Morgan fingerprint density at radius 3 is 2.67 bits per heavy atom. The molecule has 1 heterocycles. The Balaban J connectivity index is 1.88. The number of rotatable bonds is 5. The first-order valence-electron chi connectivity index (χ1n) is 6.25. The minimum absolute atomic E-state index is 0.260. The summed E-state index contributed by atoms with van der Waals surface area (Å²) in [6.07, 6.45) is 2.99. The summed E-state index contributed by atoms with van der Waals surface area (Å²) in [5.41, 5.74) is 2.00. The molecule has 1 aromatic heterocycles. The molecule has 108 valence electrons. The maximum absolute atomic E-state index is 11.7. The maximum Gasteiger partial charge on any atom is 0.331 e. The summed E-state index contributed by atoms with van der Waals surface area (Å²) in [4.78, 5) is 23.8. The van der Waals surface area contributed by atoms with E-state index in [1.54, 1.807) is 18.2 Å². The smallest absolute Gasteiger partial charge is 0.331 e. The van der Waals surface area contributed by atoms with Crippen molar-refractivity contribution in [3.8, 4) is 0 Å². The zero-order valence-corrected chi connectivity index (χ0v) is 12.9. The molecule has 0 aliphatic carbocycles. The van der Waals surface area contributed by atoms with Gasteiger partial charge in [0.2, 0.25) is 5.78 Å². The van der Waals surface area contributed by atoms with Crippen LogP contribution in [0.5, 0.6) is 0 Å². The molecule has 2 aromatic rings. The molecule has 5 heteroatoms. The van der Waals surface area contributed by atoms with Gasteiger partial charge in [-0.1, -0.05) is 35.9 Å². The maximum atomic E-state index is 11.7. The van der Waals surface area contributed by atoms with Gasteiger partial charge in [0.25, 0.3) is 0 Å². The van der Waals surface area contributed by atoms with E-state index in [0.29, 0.717) is 9.21 Å². The van der Waals surface area contributed by atoms with Gasteiger partial charge in [-0.05, 0) is 36.3 Å². The molecule has 0 bridgehead atoms. The zero-order valence-electron chi connectivity index (χ0n) is 11.3. The summed E-state index contributed by atoms with van der Waals surface area (Å²) in [6, 6.07) is 10.9. The molecule has 0 aliphatic heterocycles. The summed E-state index contributed by atoms with van der Waals surface area (Å²) in [7, 11) is 0. The summed E-state index contributed by atoms with van der Waals surface area (Å²) in [5, 5.41) is 0. The number of carbonyl (C=O) groups is 2. The molecular formula is C16H13ClO3S. The highest BCUT2D eigenvalue weighted by molar-refractivity contribution is 7.18. The van der Waals surface area contributed by atoms with Gasteiger partial charge >= 0.3 is 5.97 Å². The van der Waals surface area contributed by atoms with Gasteiger partial charge in [0.05, 0.1) is 9.21 Å². The summed E-state index contributed by atoms with van der Waals surface area (Å²) >= 11 is 6.91. The minimum atomic E-state index is -0.547. The van der Waals surface area contributed by atoms with E-state index < -0.39 is 5.97 Å². The average molecular weight is 321 g/mol. The number of carbonyl (C=O) groups excluding carboxylic acids is 2. The first-order valence-corrected chi connectivity index (χ1v) is 7.45. The molecule has 0 N–H and O–H groups in total. The molecule has 3 nitrogen and oxygen atoms in total. The van der Waals surface area contributed by atoms with E-state index >= 15 is 0 Å². The second kappa shape index (κ2) is 7.20. The van der Waals surface area contributed by atoms with Crippen molar-refractivity contribution in [1.29, 1.82) is 0 Å². The van der Waals surface area contributed by atoms with Crippen LogP contribution in [0.4, 0.5) is 0 Å². The van der Waals surface area contributed by atoms with Gasteiger partial charge in [-0.3, -0.25) is 4.79 Å². The second-order valence-corrected chi connectivity index (χ2v) is 6.04. The molecule has 0 amide bonds. The van der Waals surface area contributed by atoms with Crippen LogP contribution >= 0.6 is 22.9 Å². The third-order valence-electron chi connectivity index (χ3n) is 2.78. The van der Waals surface area contributed by atoms with Gasteiger partial charge in [0, 0.05) is 6.08 Å².